The minimum atomic E-state index is -1.04. The molecule has 1 amide bonds. The molecule has 2 heterocycles. The highest BCUT2D eigenvalue weighted by Crippen LogP contribution is 2.15. The molecule has 6 nitrogen and oxygen atoms in total. The smallest absolute Gasteiger partial charge is 0.274 e. The molecule has 2 aromatic heterocycles. The summed E-state index contributed by atoms with van der Waals surface area (Å²) in [6, 6.07) is 8.14. The third kappa shape index (κ3) is 4.17. The van der Waals surface area contributed by atoms with Gasteiger partial charge in [-0.1, -0.05) is 0 Å². The molecule has 0 spiro atoms. The minimum Gasteiger partial charge on any atom is -0.467 e. The Kier molecular flexibility index (Phi) is 4.69. The van der Waals surface area contributed by atoms with Gasteiger partial charge in [0.15, 0.2) is 11.6 Å². The lowest BCUT2D eigenvalue weighted by Crippen LogP contribution is -2.16. The summed E-state index contributed by atoms with van der Waals surface area (Å²) in [6.45, 7) is 2.04. The molecular weight excluding hydrogens is 330 g/mol. The molecule has 0 aliphatic heterocycles. The van der Waals surface area contributed by atoms with Crippen molar-refractivity contribution in [2.45, 2.75) is 13.5 Å². The summed E-state index contributed by atoms with van der Waals surface area (Å²) in [4.78, 5) is 20.5. The van der Waals surface area contributed by atoms with E-state index in [-0.39, 0.29) is 11.4 Å². The number of nitrogens with zero attached hydrogens (tertiary/aromatic N) is 2. The number of nitrogens with one attached hydrogen (secondary N) is 2. The summed E-state index contributed by atoms with van der Waals surface area (Å²) < 4.78 is 31.4. The van der Waals surface area contributed by atoms with Gasteiger partial charge in [-0.15, -0.1) is 0 Å². The van der Waals surface area contributed by atoms with Crippen molar-refractivity contribution >= 4 is 17.4 Å². The van der Waals surface area contributed by atoms with Crippen LogP contribution in [0, 0.1) is 18.6 Å². The number of furan rings is 1. The molecule has 0 unspecified atom stereocenters. The first-order valence-corrected chi connectivity index (χ1v) is 7.39. The van der Waals surface area contributed by atoms with Gasteiger partial charge in [0.05, 0.1) is 12.8 Å². The molecule has 0 bridgehead atoms. The fourth-order valence-electron chi connectivity index (χ4n) is 2.13. The van der Waals surface area contributed by atoms with Gasteiger partial charge in [-0.2, -0.15) is 0 Å². The van der Waals surface area contributed by atoms with Gasteiger partial charge in [0.2, 0.25) is 0 Å². The number of hydrogen-bond donors (Lipinski definition) is 2. The molecule has 3 rings (SSSR count). The second-order valence-corrected chi connectivity index (χ2v) is 5.20. The highest BCUT2D eigenvalue weighted by molar-refractivity contribution is 6.03. The van der Waals surface area contributed by atoms with E-state index in [9.17, 15) is 13.6 Å². The zero-order valence-electron chi connectivity index (χ0n) is 13.2. The van der Waals surface area contributed by atoms with Crippen LogP contribution in [0.4, 0.5) is 20.3 Å². The van der Waals surface area contributed by atoms with Crippen LogP contribution in [0.1, 0.15) is 22.1 Å². The maximum Gasteiger partial charge on any atom is 0.274 e. The van der Waals surface area contributed by atoms with Gasteiger partial charge in [-0.3, -0.25) is 4.79 Å². The molecule has 0 aliphatic rings. The number of benzene rings is 1. The number of carbonyl (C=O) groups excluding carboxylic acids is 1. The fraction of sp³-hybridized carbons (Fsp3) is 0.118. The Labute approximate surface area is 141 Å². The molecule has 0 fully saturated rings. The topological polar surface area (TPSA) is 80.0 Å². The van der Waals surface area contributed by atoms with E-state index >= 15 is 0 Å². The molecule has 3 aromatic rings. The fourth-order valence-corrected chi connectivity index (χ4v) is 2.13. The Morgan fingerprint density at radius 1 is 1.16 bits per heavy atom. The molecule has 8 heteroatoms. The minimum absolute atomic E-state index is 0.0965. The van der Waals surface area contributed by atoms with Gasteiger partial charge in [-0.25, -0.2) is 18.7 Å². The molecule has 0 saturated carbocycles. The van der Waals surface area contributed by atoms with Gasteiger partial charge >= 0.3 is 0 Å². The first kappa shape index (κ1) is 16.6. The number of hydrogen-bond acceptors (Lipinski definition) is 5. The Hall–Kier alpha value is -3.29. The van der Waals surface area contributed by atoms with Crippen LogP contribution in [0.5, 0.6) is 0 Å². The van der Waals surface area contributed by atoms with Crippen molar-refractivity contribution in [3.8, 4) is 0 Å². The molecule has 2 N–H and O–H groups in total. The summed E-state index contributed by atoms with van der Waals surface area (Å²) in [5.41, 5.74) is 0.226. The van der Waals surface area contributed by atoms with Crippen LogP contribution < -0.4 is 10.6 Å². The highest BCUT2D eigenvalue weighted by Gasteiger charge is 2.12. The monoisotopic (exact) mass is 344 g/mol. The van der Waals surface area contributed by atoms with Crippen LogP contribution in [-0.4, -0.2) is 15.9 Å². The van der Waals surface area contributed by atoms with Crippen molar-refractivity contribution in [3.05, 3.63) is 71.6 Å². The van der Waals surface area contributed by atoms with Crippen molar-refractivity contribution in [3.63, 3.8) is 0 Å². The summed E-state index contributed by atoms with van der Waals surface area (Å²) in [5.74, 6) is -1.04. The molecular formula is C17H14F2N4O2. The predicted molar refractivity (Wildman–Crippen MR) is 87.1 cm³/mol. The summed E-state index contributed by atoms with van der Waals surface area (Å²) in [6.07, 6.45) is 1.56. The first-order chi connectivity index (χ1) is 12.0. The van der Waals surface area contributed by atoms with Crippen LogP contribution >= 0.6 is 0 Å². The maximum atomic E-state index is 13.2. The molecule has 0 atom stereocenters. The third-order valence-corrected chi connectivity index (χ3v) is 3.27. The van der Waals surface area contributed by atoms with Crippen LogP contribution in [0.2, 0.25) is 0 Å². The number of carbonyl (C=O) groups is 1. The van der Waals surface area contributed by atoms with Crippen molar-refractivity contribution in [1.82, 2.24) is 9.97 Å². The Bertz CT molecular complexity index is 898. The average molecular weight is 344 g/mol. The molecule has 0 aliphatic carbocycles. The molecule has 128 valence electrons. The largest absolute Gasteiger partial charge is 0.467 e. The molecule has 0 saturated heterocycles. The normalized spacial score (nSPS) is 10.5. The van der Waals surface area contributed by atoms with E-state index in [0.717, 1.165) is 12.1 Å². The van der Waals surface area contributed by atoms with Crippen molar-refractivity contribution in [2.75, 3.05) is 10.6 Å². The van der Waals surface area contributed by atoms with Crippen molar-refractivity contribution in [2.24, 2.45) is 0 Å². The lowest BCUT2D eigenvalue weighted by molar-refractivity contribution is 0.102. The molecule has 0 radical (unpaired) electrons. The zero-order valence-corrected chi connectivity index (χ0v) is 13.2. The third-order valence-electron chi connectivity index (χ3n) is 3.27. The van der Waals surface area contributed by atoms with Crippen molar-refractivity contribution < 1.29 is 18.0 Å². The van der Waals surface area contributed by atoms with Gasteiger partial charge in [0.1, 0.15) is 23.1 Å². The lowest BCUT2D eigenvalue weighted by Gasteiger charge is -2.09. The number of aromatic nitrogens is 2. The maximum absolute atomic E-state index is 13.2. The van der Waals surface area contributed by atoms with Gasteiger partial charge in [-0.05, 0) is 31.2 Å². The van der Waals surface area contributed by atoms with Crippen LogP contribution in [-0.2, 0) is 6.54 Å². The van der Waals surface area contributed by atoms with Gasteiger partial charge < -0.3 is 15.1 Å². The van der Waals surface area contributed by atoms with Gasteiger partial charge in [0, 0.05) is 17.8 Å². The first-order valence-electron chi connectivity index (χ1n) is 7.39. The predicted octanol–water partition coefficient (Wildman–Crippen LogP) is 3.52. The van der Waals surface area contributed by atoms with Crippen LogP contribution in [0.25, 0.3) is 0 Å². The summed E-state index contributed by atoms with van der Waals surface area (Å²) in [7, 11) is 0. The highest BCUT2D eigenvalue weighted by atomic mass is 19.2. The average Bonchev–Trinajstić information content (AvgIpc) is 3.09. The lowest BCUT2D eigenvalue weighted by atomic mass is 10.2. The number of rotatable bonds is 5. The molecule has 1 aromatic carbocycles. The van der Waals surface area contributed by atoms with E-state index in [2.05, 4.69) is 20.6 Å². The second kappa shape index (κ2) is 7.08. The summed E-state index contributed by atoms with van der Waals surface area (Å²) >= 11 is 0. The van der Waals surface area contributed by atoms with E-state index in [1.54, 1.807) is 25.3 Å². The van der Waals surface area contributed by atoms with Crippen molar-refractivity contribution in [1.29, 1.82) is 0 Å². The Morgan fingerprint density at radius 2 is 2.00 bits per heavy atom. The SMILES string of the molecule is Cc1nc(NCc2ccco2)cc(C(=O)Nc2ccc(F)c(F)c2)n1. The zero-order chi connectivity index (χ0) is 17.8. The van der Waals surface area contributed by atoms with E-state index in [4.69, 9.17) is 4.42 Å². The van der Waals surface area contributed by atoms with E-state index in [1.807, 2.05) is 0 Å². The van der Waals surface area contributed by atoms with Crippen LogP contribution in [0.3, 0.4) is 0 Å². The van der Waals surface area contributed by atoms with E-state index in [1.165, 1.54) is 12.1 Å². The Balaban J connectivity index is 1.74. The number of amides is 1. The quantitative estimate of drug-likeness (QED) is 0.740. The number of aryl methyl sites for hydroxylation is 1. The number of halogens is 2. The second-order valence-electron chi connectivity index (χ2n) is 5.20. The number of anilines is 2. The summed E-state index contributed by atoms with van der Waals surface area (Å²) in [5, 5.41) is 5.50. The van der Waals surface area contributed by atoms with Crippen LogP contribution in [0.15, 0.2) is 47.1 Å². The Morgan fingerprint density at radius 3 is 2.72 bits per heavy atom. The standard InChI is InChI=1S/C17H14F2N4O2/c1-10-21-15(8-16(22-10)20-9-12-3-2-6-25-12)17(24)23-11-4-5-13(18)14(19)7-11/h2-8H,9H2,1H3,(H,23,24)(H,20,21,22). The van der Waals surface area contributed by atoms with E-state index < -0.39 is 17.5 Å². The molecule has 25 heavy (non-hydrogen) atoms. The van der Waals surface area contributed by atoms with E-state index in [0.29, 0.717) is 23.9 Å². The van der Waals surface area contributed by atoms with Gasteiger partial charge in [0.25, 0.3) is 5.91 Å².